The van der Waals surface area contributed by atoms with Crippen molar-refractivity contribution in [1.82, 2.24) is 15.1 Å². The summed E-state index contributed by atoms with van der Waals surface area (Å²) in [6, 6.07) is 10.1. The normalized spacial score (nSPS) is 25.5. The average Bonchev–Trinajstić information content (AvgIpc) is 2.65. The van der Waals surface area contributed by atoms with E-state index < -0.39 is 0 Å². The molecule has 1 aliphatic carbocycles. The van der Waals surface area contributed by atoms with Crippen LogP contribution < -0.4 is 10.1 Å². The van der Waals surface area contributed by atoms with E-state index in [2.05, 4.69) is 22.0 Å². The number of carbonyl (C=O) groups excluding carboxylic acids is 1. The molecule has 1 aliphatic heterocycles. The van der Waals surface area contributed by atoms with Gasteiger partial charge in [0.15, 0.2) is 0 Å². The van der Waals surface area contributed by atoms with Crippen molar-refractivity contribution >= 4 is 5.91 Å². The first-order valence-electron chi connectivity index (χ1n) is 9.70. The highest BCUT2D eigenvalue weighted by atomic mass is 16.5. The van der Waals surface area contributed by atoms with Crippen LogP contribution in [0.25, 0.3) is 0 Å². The lowest BCUT2D eigenvalue weighted by Crippen LogP contribution is -2.53. The largest absolute Gasteiger partial charge is 0.488 e. The molecule has 1 saturated carbocycles. The minimum atomic E-state index is 0.0806. The third kappa shape index (κ3) is 5.44. The topological polar surface area (TPSA) is 44.8 Å². The molecular weight excluding hydrogens is 314 g/mol. The molecule has 0 bridgehead atoms. The smallest absolute Gasteiger partial charge is 0.234 e. The molecule has 1 amide bonds. The molecule has 25 heavy (non-hydrogen) atoms. The lowest BCUT2D eigenvalue weighted by atomic mass is 9.92. The molecule has 1 N–H and O–H groups in total. The number of piperazine rings is 1. The summed E-state index contributed by atoms with van der Waals surface area (Å²) in [4.78, 5) is 17.2. The van der Waals surface area contributed by atoms with E-state index in [1.807, 2.05) is 30.3 Å². The second kappa shape index (κ2) is 9.20. The number of likely N-dealkylation sites (N-methyl/N-ethyl adjacent to an activating group) is 1. The number of benzene rings is 1. The quantitative estimate of drug-likeness (QED) is 0.858. The Hall–Kier alpha value is -1.59. The van der Waals surface area contributed by atoms with Crippen LogP contribution in [-0.4, -0.2) is 67.1 Å². The Morgan fingerprint density at radius 1 is 1.08 bits per heavy atom. The van der Waals surface area contributed by atoms with Crippen LogP contribution in [0.3, 0.4) is 0 Å². The van der Waals surface area contributed by atoms with Gasteiger partial charge in [-0.15, -0.1) is 0 Å². The Bertz CT molecular complexity index is 529. The van der Waals surface area contributed by atoms with Crippen LogP contribution in [-0.2, 0) is 4.79 Å². The number of rotatable bonds is 6. The van der Waals surface area contributed by atoms with Crippen molar-refractivity contribution in [2.24, 2.45) is 0 Å². The van der Waals surface area contributed by atoms with Crippen LogP contribution in [0.4, 0.5) is 0 Å². The van der Waals surface area contributed by atoms with Gasteiger partial charge in [0.05, 0.1) is 12.6 Å². The Balaban J connectivity index is 1.48. The standard InChI is InChI=1S/C20H31N3O2/c1-2-22-12-14-23(15-13-22)16-20(24)21-18-10-6-7-11-19(18)25-17-8-4-3-5-9-17/h3-5,8-9,18-19H,2,6-7,10-16H2,1H3,(H,21,24)/t18-,19+/m0/s1. The van der Waals surface area contributed by atoms with Gasteiger partial charge in [0.25, 0.3) is 0 Å². The van der Waals surface area contributed by atoms with E-state index >= 15 is 0 Å². The predicted octanol–water partition coefficient (Wildman–Crippen LogP) is 2.13. The van der Waals surface area contributed by atoms with Crippen LogP contribution in [0.5, 0.6) is 5.75 Å². The molecule has 2 fully saturated rings. The minimum absolute atomic E-state index is 0.0806. The van der Waals surface area contributed by atoms with Crippen molar-refractivity contribution in [1.29, 1.82) is 0 Å². The van der Waals surface area contributed by atoms with E-state index in [0.717, 1.165) is 57.7 Å². The zero-order valence-electron chi connectivity index (χ0n) is 15.3. The summed E-state index contributed by atoms with van der Waals surface area (Å²) in [7, 11) is 0. The van der Waals surface area contributed by atoms with Gasteiger partial charge in [-0.2, -0.15) is 0 Å². The van der Waals surface area contributed by atoms with E-state index in [1.54, 1.807) is 0 Å². The van der Waals surface area contributed by atoms with Crippen molar-refractivity contribution < 1.29 is 9.53 Å². The van der Waals surface area contributed by atoms with Crippen molar-refractivity contribution in [3.05, 3.63) is 30.3 Å². The zero-order valence-corrected chi connectivity index (χ0v) is 15.3. The summed E-state index contributed by atoms with van der Waals surface area (Å²) in [5.74, 6) is 1.03. The first-order valence-corrected chi connectivity index (χ1v) is 9.70. The molecule has 0 spiro atoms. The zero-order chi connectivity index (χ0) is 17.5. The fraction of sp³-hybridized carbons (Fsp3) is 0.650. The SMILES string of the molecule is CCN1CCN(CC(=O)N[C@H]2CCCC[C@H]2Oc2ccccc2)CC1. The van der Waals surface area contributed by atoms with Gasteiger partial charge in [-0.1, -0.05) is 31.5 Å². The van der Waals surface area contributed by atoms with Crippen molar-refractivity contribution in [3.8, 4) is 5.75 Å². The highest BCUT2D eigenvalue weighted by Gasteiger charge is 2.29. The Morgan fingerprint density at radius 2 is 1.76 bits per heavy atom. The molecule has 3 rings (SSSR count). The third-order valence-electron chi connectivity index (χ3n) is 5.36. The molecule has 1 heterocycles. The summed E-state index contributed by atoms with van der Waals surface area (Å²) in [6.07, 6.45) is 4.43. The monoisotopic (exact) mass is 345 g/mol. The summed E-state index contributed by atoms with van der Waals surface area (Å²) >= 11 is 0. The van der Waals surface area contributed by atoms with Crippen LogP contribution in [0.15, 0.2) is 30.3 Å². The number of nitrogens with one attached hydrogen (secondary N) is 1. The fourth-order valence-electron chi connectivity index (χ4n) is 3.80. The molecular formula is C20H31N3O2. The van der Waals surface area contributed by atoms with Gasteiger partial charge in [0, 0.05) is 26.2 Å². The summed E-state index contributed by atoms with van der Waals surface area (Å²) < 4.78 is 6.15. The van der Waals surface area contributed by atoms with E-state index in [0.29, 0.717) is 6.54 Å². The average molecular weight is 345 g/mol. The first kappa shape index (κ1) is 18.2. The number of para-hydroxylation sites is 1. The summed E-state index contributed by atoms with van der Waals surface area (Å²) in [6.45, 7) is 7.89. The lowest BCUT2D eigenvalue weighted by molar-refractivity contribution is -0.124. The second-order valence-electron chi connectivity index (χ2n) is 7.14. The molecule has 1 saturated heterocycles. The molecule has 0 unspecified atom stereocenters. The van der Waals surface area contributed by atoms with Crippen LogP contribution in [0, 0.1) is 0 Å². The molecule has 1 aromatic rings. The van der Waals surface area contributed by atoms with Crippen LogP contribution in [0.2, 0.25) is 0 Å². The Labute approximate surface area is 151 Å². The van der Waals surface area contributed by atoms with E-state index in [9.17, 15) is 4.79 Å². The highest BCUT2D eigenvalue weighted by molar-refractivity contribution is 5.78. The van der Waals surface area contributed by atoms with Gasteiger partial charge in [-0.3, -0.25) is 9.69 Å². The van der Waals surface area contributed by atoms with E-state index in [1.165, 1.54) is 6.42 Å². The minimum Gasteiger partial charge on any atom is -0.488 e. The summed E-state index contributed by atoms with van der Waals surface area (Å²) in [5.41, 5.74) is 0. The van der Waals surface area contributed by atoms with Gasteiger partial charge >= 0.3 is 0 Å². The molecule has 138 valence electrons. The maximum absolute atomic E-state index is 12.5. The number of hydrogen-bond donors (Lipinski definition) is 1. The molecule has 0 radical (unpaired) electrons. The number of hydrogen-bond acceptors (Lipinski definition) is 4. The Morgan fingerprint density at radius 3 is 2.48 bits per heavy atom. The molecule has 5 nitrogen and oxygen atoms in total. The number of ether oxygens (including phenoxy) is 1. The van der Waals surface area contributed by atoms with E-state index in [-0.39, 0.29) is 18.1 Å². The molecule has 5 heteroatoms. The lowest BCUT2D eigenvalue weighted by Gasteiger charge is -2.35. The molecule has 0 aromatic heterocycles. The van der Waals surface area contributed by atoms with Crippen molar-refractivity contribution in [3.63, 3.8) is 0 Å². The number of nitrogens with zero attached hydrogens (tertiary/aromatic N) is 2. The van der Waals surface area contributed by atoms with Crippen molar-refractivity contribution in [2.75, 3.05) is 39.3 Å². The fourth-order valence-corrected chi connectivity index (χ4v) is 3.80. The Kier molecular flexibility index (Phi) is 6.70. The second-order valence-corrected chi connectivity index (χ2v) is 7.14. The number of amides is 1. The number of carbonyl (C=O) groups is 1. The van der Waals surface area contributed by atoms with Gasteiger partial charge in [-0.05, 0) is 37.9 Å². The van der Waals surface area contributed by atoms with Gasteiger partial charge in [-0.25, -0.2) is 0 Å². The third-order valence-corrected chi connectivity index (χ3v) is 5.36. The summed E-state index contributed by atoms with van der Waals surface area (Å²) in [5, 5.41) is 3.24. The van der Waals surface area contributed by atoms with Crippen LogP contribution in [0.1, 0.15) is 32.6 Å². The van der Waals surface area contributed by atoms with Gasteiger partial charge in [0.2, 0.25) is 5.91 Å². The van der Waals surface area contributed by atoms with Gasteiger partial charge < -0.3 is 15.0 Å². The van der Waals surface area contributed by atoms with Crippen molar-refractivity contribution in [2.45, 2.75) is 44.8 Å². The predicted molar refractivity (Wildman–Crippen MR) is 99.8 cm³/mol. The van der Waals surface area contributed by atoms with E-state index in [4.69, 9.17) is 4.74 Å². The molecule has 2 aliphatic rings. The van der Waals surface area contributed by atoms with Gasteiger partial charge in [0.1, 0.15) is 11.9 Å². The first-order chi connectivity index (χ1) is 12.2. The van der Waals surface area contributed by atoms with Crippen LogP contribution >= 0.6 is 0 Å². The molecule has 1 aromatic carbocycles. The maximum Gasteiger partial charge on any atom is 0.234 e. The highest BCUT2D eigenvalue weighted by Crippen LogP contribution is 2.23. The maximum atomic E-state index is 12.5. The molecule has 2 atom stereocenters.